The highest BCUT2D eigenvalue weighted by Crippen LogP contribution is 2.25. The highest BCUT2D eigenvalue weighted by molar-refractivity contribution is 7.98. The van der Waals surface area contributed by atoms with Gasteiger partial charge in [0.25, 0.3) is 5.56 Å². The van der Waals surface area contributed by atoms with Gasteiger partial charge in [-0.15, -0.1) is 10.2 Å². The van der Waals surface area contributed by atoms with Crippen LogP contribution in [0.5, 0.6) is 0 Å². The smallest absolute Gasteiger partial charge is 0.266 e. The first-order chi connectivity index (χ1) is 13.5. The Labute approximate surface area is 170 Å². The molecule has 0 bridgehead atoms. The summed E-state index contributed by atoms with van der Waals surface area (Å²) in [4.78, 5) is 17.9. The van der Waals surface area contributed by atoms with Crippen molar-refractivity contribution in [1.82, 2.24) is 19.7 Å². The molecule has 0 aliphatic heterocycles. The summed E-state index contributed by atoms with van der Waals surface area (Å²) < 4.78 is 7.19. The van der Waals surface area contributed by atoms with Crippen LogP contribution in [0.3, 0.4) is 0 Å². The summed E-state index contributed by atoms with van der Waals surface area (Å²) >= 11 is 7.48. The fourth-order valence-corrected chi connectivity index (χ4v) is 3.86. The number of thioether (sulfide) groups is 1. The molecule has 0 saturated carbocycles. The molecule has 4 rings (SSSR count). The first-order valence-electron chi connectivity index (χ1n) is 8.78. The molecule has 2 aromatic heterocycles. The molecule has 0 spiro atoms. The van der Waals surface area contributed by atoms with Crippen LogP contribution in [0.4, 0.5) is 0 Å². The van der Waals surface area contributed by atoms with Crippen LogP contribution in [0, 0.1) is 6.92 Å². The van der Waals surface area contributed by atoms with E-state index in [4.69, 9.17) is 21.0 Å². The predicted octanol–water partition coefficient (Wildman–Crippen LogP) is 4.59. The number of hydrogen-bond donors (Lipinski definition) is 0. The Balaban J connectivity index is 1.84. The zero-order chi connectivity index (χ0) is 19.7. The molecule has 8 heteroatoms. The summed E-state index contributed by atoms with van der Waals surface area (Å²) in [5.41, 5.74) is 2.23. The van der Waals surface area contributed by atoms with Crippen LogP contribution >= 0.6 is 23.4 Å². The minimum absolute atomic E-state index is 0.144. The molecule has 2 aromatic carbocycles. The van der Waals surface area contributed by atoms with Crippen molar-refractivity contribution < 1.29 is 4.42 Å². The number of benzene rings is 2. The largest absolute Gasteiger partial charge is 0.424 e. The average molecular weight is 413 g/mol. The zero-order valence-electron chi connectivity index (χ0n) is 15.3. The lowest BCUT2D eigenvalue weighted by Gasteiger charge is -2.13. The van der Waals surface area contributed by atoms with E-state index in [9.17, 15) is 4.79 Å². The Morgan fingerprint density at radius 2 is 1.96 bits per heavy atom. The van der Waals surface area contributed by atoms with E-state index in [1.165, 1.54) is 11.8 Å². The van der Waals surface area contributed by atoms with Gasteiger partial charge >= 0.3 is 0 Å². The monoisotopic (exact) mass is 412 g/mol. The minimum atomic E-state index is -0.144. The highest BCUT2D eigenvalue weighted by atomic mass is 35.5. The summed E-state index contributed by atoms with van der Waals surface area (Å²) in [5.74, 6) is 1.50. The van der Waals surface area contributed by atoms with Crippen LogP contribution in [-0.2, 0) is 12.2 Å². The van der Waals surface area contributed by atoms with E-state index in [1.54, 1.807) is 22.8 Å². The number of fused-ring (bicyclic) bond motifs is 1. The third-order valence-electron chi connectivity index (χ3n) is 4.20. The van der Waals surface area contributed by atoms with Crippen LogP contribution in [0.15, 0.2) is 56.8 Å². The standard InChI is InChI=1S/C20H17ClN4O2S/c1-3-17-23-24-18(27-17)11-28-20-22-16-10-13(21)7-8-15(16)19(26)25(20)14-6-4-5-12(2)9-14/h4-10H,3,11H2,1-2H3. The van der Waals surface area contributed by atoms with E-state index in [-0.39, 0.29) is 5.56 Å². The summed E-state index contributed by atoms with van der Waals surface area (Å²) in [6, 6.07) is 12.9. The number of aryl methyl sites for hydroxylation is 2. The maximum absolute atomic E-state index is 13.2. The second kappa shape index (κ2) is 7.77. The molecule has 0 amide bonds. The molecule has 0 atom stereocenters. The van der Waals surface area contributed by atoms with Crippen molar-refractivity contribution in [3.8, 4) is 5.69 Å². The maximum Gasteiger partial charge on any atom is 0.266 e. The van der Waals surface area contributed by atoms with Crippen LogP contribution in [-0.4, -0.2) is 19.7 Å². The quantitative estimate of drug-likeness (QED) is 0.352. The third kappa shape index (κ3) is 3.68. The summed E-state index contributed by atoms with van der Waals surface area (Å²) in [6.45, 7) is 3.94. The molecule has 0 radical (unpaired) electrons. The maximum atomic E-state index is 13.2. The van der Waals surface area contributed by atoms with Crippen LogP contribution < -0.4 is 5.56 Å². The van der Waals surface area contributed by atoms with Crippen molar-refractivity contribution in [3.05, 3.63) is 75.2 Å². The van der Waals surface area contributed by atoms with E-state index >= 15 is 0 Å². The van der Waals surface area contributed by atoms with Crippen molar-refractivity contribution in [2.75, 3.05) is 0 Å². The molecule has 0 aliphatic carbocycles. The van der Waals surface area contributed by atoms with E-state index in [2.05, 4.69) is 10.2 Å². The predicted molar refractivity (Wildman–Crippen MR) is 110 cm³/mol. The molecule has 0 aliphatic rings. The fourth-order valence-electron chi connectivity index (χ4n) is 2.85. The molecule has 0 N–H and O–H groups in total. The lowest BCUT2D eigenvalue weighted by molar-refractivity contribution is 0.469. The molecule has 4 aromatic rings. The summed E-state index contributed by atoms with van der Waals surface area (Å²) in [6.07, 6.45) is 0.679. The van der Waals surface area contributed by atoms with Crippen molar-refractivity contribution in [2.45, 2.75) is 31.2 Å². The van der Waals surface area contributed by atoms with Crippen molar-refractivity contribution in [2.24, 2.45) is 0 Å². The number of hydrogen-bond acceptors (Lipinski definition) is 6. The van der Waals surface area contributed by atoms with Crippen molar-refractivity contribution >= 4 is 34.3 Å². The number of rotatable bonds is 5. The van der Waals surface area contributed by atoms with E-state index in [0.717, 1.165) is 11.3 Å². The van der Waals surface area contributed by atoms with Gasteiger partial charge in [0.05, 0.1) is 22.3 Å². The molecular weight excluding hydrogens is 396 g/mol. The molecule has 0 saturated heterocycles. The second-order valence-electron chi connectivity index (χ2n) is 6.27. The Morgan fingerprint density at radius 1 is 1.14 bits per heavy atom. The van der Waals surface area contributed by atoms with Gasteiger partial charge in [0, 0.05) is 11.4 Å². The summed E-state index contributed by atoms with van der Waals surface area (Å²) in [5, 5.41) is 9.62. The van der Waals surface area contributed by atoms with Crippen LogP contribution in [0.25, 0.3) is 16.6 Å². The molecular formula is C20H17ClN4O2S. The first-order valence-corrected chi connectivity index (χ1v) is 10.1. The Hall–Kier alpha value is -2.64. The third-order valence-corrected chi connectivity index (χ3v) is 5.35. The summed E-state index contributed by atoms with van der Waals surface area (Å²) in [7, 11) is 0. The van der Waals surface area contributed by atoms with Gasteiger partial charge in [-0.1, -0.05) is 42.4 Å². The first kappa shape index (κ1) is 18.7. The Morgan fingerprint density at radius 3 is 2.71 bits per heavy atom. The molecule has 0 unspecified atom stereocenters. The fraction of sp³-hybridized carbons (Fsp3) is 0.200. The van der Waals surface area contributed by atoms with Gasteiger partial charge in [-0.05, 0) is 42.8 Å². The van der Waals surface area contributed by atoms with Gasteiger partial charge in [0.1, 0.15) is 0 Å². The second-order valence-corrected chi connectivity index (χ2v) is 7.65. The van der Waals surface area contributed by atoms with Crippen molar-refractivity contribution in [3.63, 3.8) is 0 Å². The SMILES string of the molecule is CCc1nnc(CSc2nc3cc(Cl)ccc3c(=O)n2-c2cccc(C)c2)o1. The van der Waals surface area contributed by atoms with Crippen LogP contribution in [0.2, 0.25) is 5.02 Å². The van der Waals surface area contributed by atoms with Gasteiger partial charge < -0.3 is 4.42 Å². The van der Waals surface area contributed by atoms with E-state index < -0.39 is 0 Å². The highest BCUT2D eigenvalue weighted by Gasteiger charge is 2.15. The Kier molecular flexibility index (Phi) is 5.19. The van der Waals surface area contributed by atoms with E-state index in [1.807, 2.05) is 38.1 Å². The number of nitrogens with zero attached hydrogens (tertiary/aromatic N) is 4. The zero-order valence-corrected chi connectivity index (χ0v) is 16.9. The van der Waals surface area contributed by atoms with Crippen LogP contribution in [0.1, 0.15) is 24.3 Å². The number of aromatic nitrogens is 4. The minimum Gasteiger partial charge on any atom is -0.424 e. The van der Waals surface area contributed by atoms with Gasteiger partial charge in [0.2, 0.25) is 11.8 Å². The molecule has 0 fully saturated rings. The van der Waals surface area contributed by atoms with Gasteiger partial charge in [0.15, 0.2) is 5.16 Å². The van der Waals surface area contributed by atoms with Gasteiger partial charge in [-0.2, -0.15) is 0 Å². The van der Waals surface area contributed by atoms with Gasteiger partial charge in [-0.25, -0.2) is 4.98 Å². The topological polar surface area (TPSA) is 73.8 Å². The van der Waals surface area contributed by atoms with Gasteiger partial charge in [-0.3, -0.25) is 9.36 Å². The van der Waals surface area contributed by atoms with E-state index in [0.29, 0.717) is 45.0 Å². The normalized spacial score (nSPS) is 11.2. The van der Waals surface area contributed by atoms with Crippen molar-refractivity contribution in [1.29, 1.82) is 0 Å². The molecule has 142 valence electrons. The number of halogens is 1. The lowest BCUT2D eigenvalue weighted by atomic mass is 10.2. The molecule has 6 nitrogen and oxygen atoms in total. The Bertz CT molecular complexity index is 1220. The lowest BCUT2D eigenvalue weighted by Crippen LogP contribution is -2.21. The molecule has 2 heterocycles. The average Bonchev–Trinajstić information content (AvgIpc) is 3.14. The molecule has 28 heavy (non-hydrogen) atoms.